The average molecular weight is 275 g/mol. The lowest BCUT2D eigenvalue weighted by molar-refractivity contribution is -0.183. The molecule has 1 fully saturated rings. The van der Waals surface area contributed by atoms with Crippen LogP contribution in [0.3, 0.4) is 0 Å². The Hall–Kier alpha value is -1.04. The van der Waals surface area contributed by atoms with Crippen molar-refractivity contribution in [2.45, 2.75) is 51.4 Å². The molecular weight excluding hydrogens is 255 g/mol. The monoisotopic (exact) mass is 275 g/mol. The van der Waals surface area contributed by atoms with Gasteiger partial charge in [0.25, 0.3) is 0 Å². The molecule has 1 aliphatic carbocycles. The number of nitrogens with zero attached hydrogens (tertiary/aromatic N) is 2. The summed E-state index contributed by atoms with van der Waals surface area (Å²) in [7, 11) is 1.84. The van der Waals surface area contributed by atoms with Crippen LogP contribution in [0, 0.1) is 12.8 Å². The third-order valence-corrected chi connectivity index (χ3v) is 3.83. The summed E-state index contributed by atoms with van der Waals surface area (Å²) in [4.78, 5) is 0. The van der Waals surface area contributed by atoms with Gasteiger partial charge in [0.1, 0.15) is 0 Å². The van der Waals surface area contributed by atoms with Crippen LogP contribution in [-0.4, -0.2) is 22.0 Å². The summed E-state index contributed by atoms with van der Waals surface area (Å²) in [5, 5.41) is 7.47. The van der Waals surface area contributed by atoms with Gasteiger partial charge in [-0.05, 0) is 26.2 Å². The second-order valence-electron chi connectivity index (χ2n) is 5.40. The maximum Gasteiger partial charge on any atom is 0.391 e. The summed E-state index contributed by atoms with van der Waals surface area (Å²) >= 11 is 0. The van der Waals surface area contributed by atoms with Gasteiger partial charge in [0, 0.05) is 31.4 Å². The highest BCUT2D eigenvalue weighted by Gasteiger charge is 2.41. The molecule has 0 amide bonds. The Morgan fingerprint density at radius 1 is 1.42 bits per heavy atom. The van der Waals surface area contributed by atoms with Gasteiger partial charge in [0.15, 0.2) is 0 Å². The molecule has 2 unspecified atom stereocenters. The second kappa shape index (κ2) is 5.53. The number of alkyl halides is 3. The Labute approximate surface area is 111 Å². The van der Waals surface area contributed by atoms with Crippen molar-refractivity contribution in [1.82, 2.24) is 15.1 Å². The van der Waals surface area contributed by atoms with Crippen LogP contribution in [0.15, 0.2) is 6.20 Å². The van der Waals surface area contributed by atoms with E-state index in [0.717, 1.165) is 17.7 Å². The molecule has 0 saturated heterocycles. The first-order valence-electron chi connectivity index (χ1n) is 6.65. The Kier molecular flexibility index (Phi) is 4.18. The third kappa shape index (κ3) is 3.72. The lowest BCUT2D eigenvalue weighted by Crippen LogP contribution is -2.38. The van der Waals surface area contributed by atoms with Crippen LogP contribution in [0.1, 0.15) is 36.9 Å². The number of aryl methyl sites for hydroxylation is 2. The number of hydrogen-bond donors (Lipinski definition) is 1. The van der Waals surface area contributed by atoms with Crippen molar-refractivity contribution in [2.75, 3.05) is 0 Å². The van der Waals surface area contributed by atoms with Crippen LogP contribution in [0.25, 0.3) is 0 Å². The van der Waals surface area contributed by atoms with Crippen LogP contribution < -0.4 is 5.32 Å². The lowest BCUT2D eigenvalue weighted by Gasteiger charge is -2.31. The first-order chi connectivity index (χ1) is 8.86. The lowest BCUT2D eigenvalue weighted by atomic mass is 9.85. The van der Waals surface area contributed by atoms with E-state index in [-0.39, 0.29) is 18.9 Å². The summed E-state index contributed by atoms with van der Waals surface area (Å²) in [6.45, 7) is 2.51. The van der Waals surface area contributed by atoms with E-state index < -0.39 is 12.1 Å². The van der Waals surface area contributed by atoms with Gasteiger partial charge in [0.05, 0.1) is 11.6 Å². The molecule has 1 saturated carbocycles. The van der Waals surface area contributed by atoms with Gasteiger partial charge in [-0.15, -0.1) is 0 Å². The zero-order chi connectivity index (χ0) is 14.0. The largest absolute Gasteiger partial charge is 0.391 e. The fraction of sp³-hybridized carbons (Fsp3) is 0.769. The van der Waals surface area contributed by atoms with Crippen molar-refractivity contribution < 1.29 is 13.2 Å². The smallest absolute Gasteiger partial charge is 0.310 e. The zero-order valence-corrected chi connectivity index (χ0v) is 11.3. The number of halogens is 3. The predicted molar refractivity (Wildman–Crippen MR) is 66.6 cm³/mol. The molecular formula is C13H20F3N3. The molecule has 3 nitrogen and oxygen atoms in total. The van der Waals surface area contributed by atoms with Gasteiger partial charge >= 0.3 is 6.18 Å². The highest BCUT2D eigenvalue weighted by atomic mass is 19.4. The molecule has 1 heterocycles. The van der Waals surface area contributed by atoms with Gasteiger partial charge in [-0.25, -0.2) is 0 Å². The molecule has 2 atom stereocenters. The average Bonchev–Trinajstić information content (AvgIpc) is 2.64. The van der Waals surface area contributed by atoms with E-state index in [1.807, 2.05) is 20.2 Å². The summed E-state index contributed by atoms with van der Waals surface area (Å²) in [5.41, 5.74) is 1.98. The fourth-order valence-corrected chi connectivity index (χ4v) is 2.75. The number of rotatable bonds is 3. The van der Waals surface area contributed by atoms with Crippen LogP contribution in [-0.2, 0) is 13.6 Å². The van der Waals surface area contributed by atoms with Crippen molar-refractivity contribution in [2.24, 2.45) is 13.0 Å². The van der Waals surface area contributed by atoms with E-state index in [4.69, 9.17) is 0 Å². The van der Waals surface area contributed by atoms with Crippen molar-refractivity contribution in [3.05, 3.63) is 17.5 Å². The Bertz CT molecular complexity index is 425. The third-order valence-electron chi connectivity index (χ3n) is 3.83. The Morgan fingerprint density at radius 2 is 2.16 bits per heavy atom. The van der Waals surface area contributed by atoms with Gasteiger partial charge in [-0.3, -0.25) is 4.68 Å². The molecule has 19 heavy (non-hydrogen) atoms. The maximum absolute atomic E-state index is 12.7. The topological polar surface area (TPSA) is 29.9 Å². The van der Waals surface area contributed by atoms with E-state index in [1.165, 1.54) is 0 Å². The van der Waals surface area contributed by atoms with Crippen LogP contribution >= 0.6 is 0 Å². The molecule has 0 radical (unpaired) electrons. The molecule has 2 rings (SSSR count). The van der Waals surface area contributed by atoms with Gasteiger partial charge in [0.2, 0.25) is 0 Å². The standard InChI is InChI=1S/C13H20F3N3/c1-9-10(8-19(2)18-9)7-17-12-5-3-4-11(6-12)13(14,15)16/h8,11-12,17H,3-7H2,1-2H3. The van der Waals surface area contributed by atoms with E-state index >= 15 is 0 Å². The van der Waals surface area contributed by atoms with Gasteiger partial charge in [-0.1, -0.05) is 6.42 Å². The molecule has 0 aromatic carbocycles. The van der Waals surface area contributed by atoms with Crippen LogP contribution in [0.4, 0.5) is 13.2 Å². The van der Waals surface area contributed by atoms with Crippen molar-refractivity contribution in [1.29, 1.82) is 0 Å². The number of nitrogens with one attached hydrogen (secondary N) is 1. The van der Waals surface area contributed by atoms with Crippen LogP contribution in [0.5, 0.6) is 0 Å². The van der Waals surface area contributed by atoms with E-state index in [9.17, 15) is 13.2 Å². The molecule has 0 bridgehead atoms. The van der Waals surface area contributed by atoms with E-state index in [2.05, 4.69) is 10.4 Å². The minimum atomic E-state index is -4.05. The number of hydrogen-bond acceptors (Lipinski definition) is 2. The maximum atomic E-state index is 12.7. The Morgan fingerprint density at radius 3 is 2.74 bits per heavy atom. The van der Waals surface area contributed by atoms with Gasteiger partial charge in [-0.2, -0.15) is 18.3 Å². The second-order valence-corrected chi connectivity index (χ2v) is 5.40. The van der Waals surface area contributed by atoms with E-state index in [1.54, 1.807) is 4.68 Å². The Balaban J connectivity index is 1.88. The molecule has 0 aliphatic heterocycles. The molecule has 1 aromatic heterocycles. The zero-order valence-electron chi connectivity index (χ0n) is 11.3. The molecule has 108 valence electrons. The fourth-order valence-electron chi connectivity index (χ4n) is 2.75. The first kappa shape index (κ1) is 14.4. The quantitative estimate of drug-likeness (QED) is 0.919. The summed E-state index contributed by atoms with van der Waals surface area (Å²) in [5.74, 6) is -1.14. The predicted octanol–water partition coefficient (Wildman–Crippen LogP) is 2.94. The minimum absolute atomic E-state index is 0.0417. The van der Waals surface area contributed by atoms with Crippen molar-refractivity contribution in [3.63, 3.8) is 0 Å². The summed E-state index contributed by atoms with van der Waals surface area (Å²) < 4.78 is 39.8. The normalized spacial score (nSPS) is 24.7. The molecule has 0 spiro atoms. The molecule has 1 N–H and O–H groups in total. The van der Waals surface area contributed by atoms with E-state index in [0.29, 0.717) is 13.0 Å². The molecule has 1 aliphatic rings. The summed E-state index contributed by atoms with van der Waals surface area (Å²) in [6.07, 6.45) is -0.201. The van der Waals surface area contributed by atoms with Crippen LogP contribution in [0.2, 0.25) is 0 Å². The highest BCUT2D eigenvalue weighted by Crippen LogP contribution is 2.37. The molecule has 6 heteroatoms. The van der Waals surface area contributed by atoms with Gasteiger partial charge < -0.3 is 5.32 Å². The van der Waals surface area contributed by atoms with Crippen molar-refractivity contribution in [3.8, 4) is 0 Å². The first-order valence-corrected chi connectivity index (χ1v) is 6.65. The minimum Gasteiger partial charge on any atom is -0.310 e. The molecule has 1 aromatic rings. The highest BCUT2D eigenvalue weighted by molar-refractivity contribution is 5.14. The van der Waals surface area contributed by atoms with Crippen molar-refractivity contribution >= 4 is 0 Å². The summed E-state index contributed by atoms with van der Waals surface area (Å²) in [6, 6.07) is -0.0417. The SMILES string of the molecule is Cc1nn(C)cc1CNC1CCCC(C(F)(F)F)C1. The number of aromatic nitrogens is 2.